The molecule has 2 N–H and O–H groups in total. The maximum absolute atomic E-state index is 12.0. The van der Waals surface area contributed by atoms with Crippen molar-refractivity contribution in [3.05, 3.63) is 29.3 Å². The summed E-state index contributed by atoms with van der Waals surface area (Å²) in [5.41, 5.74) is 1.81. The molecule has 0 heterocycles. The Hall–Kier alpha value is -1.49. The number of carboxylic acid groups (broad SMARTS) is 1. The van der Waals surface area contributed by atoms with Crippen LogP contribution in [0.1, 0.15) is 36.8 Å². The molecule has 0 aromatic heterocycles. The van der Waals surface area contributed by atoms with Gasteiger partial charge in [-0.1, -0.05) is 6.07 Å². The zero-order valence-corrected chi connectivity index (χ0v) is 12.7. The fraction of sp³-hybridized carbons (Fsp3) is 0.500. The van der Waals surface area contributed by atoms with E-state index in [1.807, 2.05) is 0 Å². The summed E-state index contributed by atoms with van der Waals surface area (Å²) in [6.45, 7) is 0. The summed E-state index contributed by atoms with van der Waals surface area (Å²) in [4.78, 5) is 24.3. The Morgan fingerprint density at radius 1 is 1.19 bits per heavy atom. The fourth-order valence-electron chi connectivity index (χ4n) is 3.01. The largest absolute Gasteiger partial charge is 0.480 e. The number of benzene rings is 1. The van der Waals surface area contributed by atoms with Crippen LogP contribution in [0.15, 0.2) is 23.1 Å². The molecule has 2 aliphatic carbocycles. The monoisotopic (exact) mass is 305 g/mol. The number of rotatable bonds is 5. The van der Waals surface area contributed by atoms with Crippen molar-refractivity contribution >= 4 is 23.6 Å². The van der Waals surface area contributed by atoms with E-state index >= 15 is 0 Å². The van der Waals surface area contributed by atoms with Gasteiger partial charge in [0.2, 0.25) is 5.91 Å². The average Bonchev–Trinajstić information content (AvgIpc) is 2.87. The van der Waals surface area contributed by atoms with Crippen molar-refractivity contribution in [1.29, 1.82) is 0 Å². The van der Waals surface area contributed by atoms with Gasteiger partial charge in [-0.3, -0.25) is 4.79 Å². The number of amides is 1. The number of hydrogen-bond donors (Lipinski definition) is 2. The first-order chi connectivity index (χ1) is 10.1. The summed E-state index contributed by atoms with van der Waals surface area (Å²) >= 11 is 1.48. The standard InChI is InChI=1S/C16H19NO3S/c18-14(17-16(15(19)20)7-2-8-16)10-21-13-6-5-11-3-1-4-12(11)9-13/h5-6,9H,1-4,7-8,10H2,(H,17,18)(H,19,20). The lowest BCUT2D eigenvalue weighted by atomic mass is 9.77. The quantitative estimate of drug-likeness (QED) is 0.820. The number of carbonyl (C=O) groups excluding carboxylic acids is 1. The minimum absolute atomic E-state index is 0.192. The van der Waals surface area contributed by atoms with Crippen molar-refractivity contribution in [3.8, 4) is 0 Å². The van der Waals surface area contributed by atoms with Gasteiger partial charge in [0, 0.05) is 4.90 Å². The third-order valence-electron chi connectivity index (χ3n) is 4.44. The summed E-state index contributed by atoms with van der Waals surface area (Å²) in [5.74, 6) is -0.833. The van der Waals surface area contributed by atoms with E-state index in [1.54, 1.807) is 0 Å². The zero-order valence-electron chi connectivity index (χ0n) is 11.9. The van der Waals surface area contributed by atoms with Crippen LogP contribution in [0.2, 0.25) is 0 Å². The highest BCUT2D eigenvalue weighted by Gasteiger charge is 2.45. The first-order valence-corrected chi connectivity index (χ1v) is 8.37. The smallest absolute Gasteiger partial charge is 0.329 e. The molecule has 1 fully saturated rings. The van der Waals surface area contributed by atoms with Gasteiger partial charge >= 0.3 is 5.97 Å². The molecule has 0 radical (unpaired) electrons. The van der Waals surface area contributed by atoms with E-state index < -0.39 is 11.5 Å². The van der Waals surface area contributed by atoms with E-state index in [1.165, 1.54) is 29.3 Å². The van der Waals surface area contributed by atoms with Gasteiger partial charge in [-0.15, -0.1) is 11.8 Å². The molecule has 21 heavy (non-hydrogen) atoms. The van der Waals surface area contributed by atoms with Crippen LogP contribution >= 0.6 is 11.8 Å². The number of carbonyl (C=O) groups is 2. The molecule has 1 saturated carbocycles. The molecule has 2 aliphatic rings. The molecule has 0 aliphatic heterocycles. The Labute approximate surface area is 128 Å². The lowest BCUT2D eigenvalue weighted by molar-refractivity contribution is -0.151. The Morgan fingerprint density at radius 3 is 2.62 bits per heavy atom. The van der Waals surface area contributed by atoms with Gasteiger partial charge in [0.1, 0.15) is 5.54 Å². The Balaban J connectivity index is 1.55. The lowest BCUT2D eigenvalue weighted by Crippen LogP contribution is -2.59. The van der Waals surface area contributed by atoms with Crippen molar-refractivity contribution in [2.75, 3.05) is 5.75 Å². The van der Waals surface area contributed by atoms with Crippen molar-refractivity contribution in [3.63, 3.8) is 0 Å². The molecule has 0 saturated heterocycles. The number of fused-ring (bicyclic) bond motifs is 1. The fourth-order valence-corrected chi connectivity index (χ4v) is 3.77. The van der Waals surface area contributed by atoms with Gasteiger partial charge in [0.25, 0.3) is 0 Å². The van der Waals surface area contributed by atoms with Gasteiger partial charge in [-0.25, -0.2) is 4.79 Å². The predicted octanol–water partition coefficient (Wildman–Crippen LogP) is 2.39. The molecular weight excluding hydrogens is 286 g/mol. The highest BCUT2D eigenvalue weighted by atomic mass is 32.2. The minimum Gasteiger partial charge on any atom is -0.480 e. The van der Waals surface area contributed by atoms with E-state index in [0.717, 1.165) is 24.2 Å². The summed E-state index contributed by atoms with van der Waals surface area (Å²) in [6.07, 6.45) is 5.44. The number of carboxylic acids is 1. The Kier molecular flexibility index (Phi) is 3.93. The molecule has 3 rings (SSSR count). The van der Waals surface area contributed by atoms with Gasteiger partial charge in [-0.05, 0) is 61.8 Å². The third kappa shape index (κ3) is 2.93. The normalized spacial score (nSPS) is 18.7. The van der Waals surface area contributed by atoms with Crippen LogP contribution < -0.4 is 5.32 Å². The molecule has 1 aromatic carbocycles. The van der Waals surface area contributed by atoms with E-state index in [0.29, 0.717) is 12.8 Å². The third-order valence-corrected chi connectivity index (χ3v) is 5.43. The van der Waals surface area contributed by atoms with E-state index in [2.05, 4.69) is 23.5 Å². The zero-order chi connectivity index (χ0) is 14.9. The predicted molar refractivity (Wildman–Crippen MR) is 81.6 cm³/mol. The molecule has 0 spiro atoms. The van der Waals surface area contributed by atoms with Crippen LogP contribution in [0.4, 0.5) is 0 Å². The maximum Gasteiger partial charge on any atom is 0.329 e. The van der Waals surface area contributed by atoms with Crippen LogP contribution in [0, 0.1) is 0 Å². The molecule has 1 amide bonds. The second kappa shape index (κ2) is 5.72. The van der Waals surface area contributed by atoms with Crippen LogP contribution in [0.25, 0.3) is 0 Å². The van der Waals surface area contributed by atoms with Gasteiger partial charge in [0.05, 0.1) is 5.75 Å². The topological polar surface area (TPSA) is 66.4 Å². The van der Waals surface area contributed by atoms with Crippen molar-refractivity contribution in [1.82, 2.24) is 5.32 Å². The molecule has 1 aromatic rings. The number of nitrogens with one attached hydrogen (secondary N) is 1. The average molecular weight is 305 g/mol. The second-order valence-electron chi connectivity index (χ2n) is 5.86. The van der Waals surface area contributed by atoms with E-state index in [4.69, 9.17) is 0 Å². The number of aryl methyl sites for hydroxylation is 2. The van der Waals surface area contributed by atoms with Crippen molar-refractivity contribution < 1.29 is 14.7 Å². The number of aliphatic carboxylic acids is 1. The van der Waals surface area contributed by atoms with Crippen LogP contribution in [-0.2, 0) is 22.4 Å². The summed E-state index contributed by atoms with van der Waals surface area (Å²) < 4.78 is 0. The SMILES string of the molecule is O=C(CSc1ccc2c(c1)CCC2)NC1(C(=O)O)CCC1. The summed E-state index contributed by atoms with van der Waals surface area (Å²) in [5, 5.41) is 11.9. The molecule has 112 valence electrons. The Morgan fingerprint density at radius 2 is 1.95 bits per heavy atom. The highest BCUT2D eigenvalue weighted by Crippen LogP contribution is 2.32. The molecule has 0 bridgehead atoms. The molecular formula is C16H19NO3S. The van der Waals surface area contributed by atoms with Crippen molar-refractivity contribution in [2.45, 2.75) is 49.0 Å². The van der Waals surface area contributed by atoms with Gasteiger partial charge in [0.15, 0.2) is 0 Å². The summed E-state index contributed by atoms with van der Waals surface area (Å²) in [7, 11) is 0. The van der Waals surface area contributed by atoms with Gasteiger partial charge < -0.3 is 10.4 Å². The highest BCUT2D eigenvalue weighted by molar-refractivity contribution is 8.00. The number of hydrogen-bond acceptors (Lipinski definition) is 3. The molecule has 0 unspecified atom stereocenters. The molecule has 4 nitrogen and oxygen atoms in total. The van der Waals surface area contributed by atoms with Crippen LogP contribution in [-0.4, -0.2) is 28.3 Å². The van der Waals surface area contributed by atoms with Gasteiger partial charge in [-0.2, -0.15) is 0 Å². The molecule has 5 heteroatoms. The minimum atomic E-state index is -1.00. The lowest BCUT2D eigenvalue weighted by Gasteiger charge is -2.38. The van der Waals surface area contributed by atoms with E-state index in [-0.39, 0.29) is 11.7 Å². The second-order valence-corrected chi connectivity index (χ2v) is 6.91. The van der Waals surface area contributed by atoms with Crippen molar-refractivity contribution in [2.24, 2.45) is 0 Å². The first-order valence-electron chi connectivity index (χ1n) is 7.38. The first kappa shape index (κ1) is 14.4. The summed E-state index contributed by atoms with van der Waals surface area (Å²) in [6, 6.07) is 6.36. The van der Waals surface area contributed by atoms with Crippen LogP contribution in [0.3, 0.4) is 0 Å². The Bertz CT molecular complexity index is 581. The van der Waals surface area contributed by atoms with Crippen LogP contribution in [0.5, 0.6) is 0 Å². The number of thioether (sulfide) groups is 1. The van der Waals surface area contributed by atoms with E-state index in [9.17, 15) is 14.7 Å². The molecule has 0 atom stereocenters. The maximum atomic E-state index is 12.0.